The van der Waals surface area contributed by atoms with Crippen molar-refractivity contribution in [2.24, 2.45) is 0 Å². The van der Waals surface area contributed by atoms with Gasteiger partial charge in [-0.05, 0) is 44.6 Å². The van der Waals surface area contributed by atoms with Gasteiger partial charge in [0.2, 0.25) is 0 Å². The van der Waals surface area contributed by atoms with Gasteiger partial charge in [-0.15, -0.1) is 0 Å². The second-order valence-corrected chi connectivity index (χ2v) is 3.45. The van der Waals surface area contributed by atoms with Crippen LogP contribution in [0.2, 0.25) is 5.02 Å². The van der Waals surface area contributed by atoms with Crippen molar-refractivity contribution in [2.75, 3.05) is 13.6 Å². The van der Waals surface area contributed by atoms with E-state index in [1.807, 2.05) is 13.1 Å². The summed E-state index contributed by atoms with van der Waals surface area (Å²) in [6, 6.07) is 3.36. The van der Waals surface area contributed by atoms with E-state index >= 15 is 0 Å². The average molecular weight is 202 g/mol. The SMILES string of the molecule is CNCCc1cc(F)c(C)c(Cl)c1. The van der Waals surface area contributed by atoms with Crippen LogP contribution < -0.4 is 5.32 Å². The highest BCUT2D eigenvalue weighted by Crippen LogP contribution is 2.20. The van der Waals surface area contributed by atoms with Gasteiger partial charge in [-0.1, -0.05) is 11.6 Å². The molecule has 0 bridgehead atoms. The summed E-state index contributed by atoms with van der Waals surface area (Å²) >= 11 is 5.84. The van der Waals surface area contributed by atoms with Crippen LogP contribution in [0, 0.1) is 12.7 Å². The molecule has 0 heterocycles. The summed E-state index contributed by atoms with van der Waals surface area (Å²) in [4.78, 5) is 0. The summed E-state index contributed by atoms with van der Waals surface area (Å²) in [6.45, 7) is 2.51. The van der Waals surface area contributed by atoms with Crippen molar-refractivity contribution in [3.8, 4) is 0 Å². The Hall–Kier alpha value is -0.600. The fraction of sp³-hybridized carbons (Fsp3) is 0.400. The summed E-state index contributed by atoms with van der Waals surface area (Å²) in [5, 5.41) is 3.51. The molecule has 0 amide bonds. The highest BCUT2D eigenvalue weighted by atomic mass is 35.5. The van der Waals surface area contributed by atoms with Crippen LogP contribution in [0.1, 0.15) is 11.1 Å². The van der Waals surface area contributed by atoms with E-state index in [1.54, 1.807) is 13.0 Å². The second-order valence-electron chi connectivity index (χ2n) is 3.04. The molecule has 1 N–H and O–H groups in total. The predicted octanol–water partition coefficient (Wildman–Crippen LogP) is 2.55. The minimum absolute atomic E-state index is 0.224. The van der Waals surface area contributed by atoms with Gasteiger partial charge >= 0.3 is 0 Å². The normalized spacial score (nSPS) is 10.5. The summed E-state index contributed by atoms with van der Waals surface area (Å²) in [6.07, 6.45) is 0.799. The van der Waals surface area contributed by atoms with Crippen LogP contribution in [0.5, 0.6) is 0 Å². The Labute approximate surface area is 82.9 Å². The third kappa shape index (κ3) is 2.68. The van der Waals surface area contributed by atoms with E-state index in [1.165, 1.54) is 0 Å². The topological polar surface area (TPSA) is 12.0 Å². The Kier molecular flexibility index (Phi) is 3.70. The maximum absolute atomic E-state index is 13.2. The fourth-order valence-corrected chi connectivity index (χ4v) is 1.34. The van der Waals surface area contributed by atoms with Crippen LogP contribution in [-0.4, -0.2) is 13.6 Å². The number of likely N-dealkylation sites (N-methyl/N-ethyl adjacent to an activating group) is 1. The highest BCUT2D eigenvalue weighted by Gasteiger charge is 2.04. The first-order chi connectivity index (χ1) is 6.15. The Morgan fingerprint density at radius 3 is 2.69 bits per heavy atom. The molecule has 1 aromatic rings. The van der Waals surface area contributed by atoms with Gasteiger partial charge < -0.3 is 5.32 Å². The van der Waals surface area contributed by atoms with E-state index in [-0.39, 0.29) is 5.82 Å². The molecule has 1 nitrogen and oxygen atoms in total. The molecule has 0 aliphatic heterocycles. The van der Waals surface area contributed by atoms with E-state index in [0.717, 1.165) is 18.5 Å². The summed E-state index contributed by atoms with van der Waals surface area (Å²) in [5.41, 5.74) is 1.46. The summed E-state index contributed by atoms with van der Waals surface area (Å²) in [5.74, 6) is -0.224. The zero-order valence-corrected chi connectivity index (χ0v) is 8.58. The zero-order chi connectivity index (χ0) is 9.84. The van der Waals surface area contributed by atoms with Gasteiger partial charge in [0.25, 0.3) is 0 Å². The molecule has 0 spiro atoms. The van der Waals surface area contributed by atoms with Crippen molar-refractivity contribution < 1.29 is 4.39 Å². The maximum atomic E-state index is 13.2. The van der Waals surface area contributed by atoms with E-state index in [9.17, 15) is 4.39 Å². The van der Waals surface area contributed by atoms with E-state index in [0.29, 0.717) is 10.6 Å². The van der Waals surface area contributed by atoms with Crippen molar-refractivity contribution in [1.29, 1.82) is 0 Å². The van der Waals surface area contributed by atoms with Gasteiger partial charge in [-0.3, -0.25) is 0 Å². The quantitative estimate of drug-likeness (QED) is 0.793. The maximum Gasteiger partial charge on any atom is 0.127 e. The van der Waals surface area contributed by atoms with Gasteiger partial charge in [0.15, 0.2) is 0 Å². The highest BCUT2D eigenvalue weighted by molar-refractivity contribution is 6.31. The molecule has 1 aromatic carbocycles. The van der Waals surface area contributed by atoms with Crippen LogP contribution in [0.4, 0.5) is 4.39 Å². The first kappa shape index (κ1) is 10.5. The number of benzene rings is 1. The molecule has 0 aliphatic carbocycles. The second kappa shape index (κ2) is 4.58. The lowest BCUT2D eigenvalue weighted by Gasteiger charge is -2.05. The number of rotatable bonds is 3. The molecule has 0 saturated heterocycles. The Bertz CT molecular complexity index is 276. The van der Waals surface area contributed by atoms with Gasteiger partial charge in [-0.2, -0.15) is 0 Å². The molecule has 0 atom stereocenters. The average Bonchev–Trinajstić information content (AvgIpc) is 2.10. The summed E-state index contributed by atoms with van der Waals surface area (Å²) < 4.78 is 13.2. The molecule has 0 saturated carbocycles. The van der Waals surface area contributed by atoms with E-state index in [4.69, 9.17) is 11.6 Å². The number of halogens is 2. The molecular weight excluding hydrogens is 189 g/mol. The standard InChI is InChI=1S/C10H13ClFN/c1-7-9(11)5-8(3-4-13-2)6-10(7)12/h5-6,13H,3-4H2,1-2H3. The first-order valence-corrected chi connectivity index (χ1v) is 4.62. The monoisotopic (exact) mass is 201 g/mol. The van der Waals surface area contributed by atoms with Crippen molar-refractivity contribution >= 4 is 11.6 Å². The van der Waals surface area contributed by atoms with Crippen molar-refractivity contribution in [1.82, 2.24) is 5.32 Å². The summed E-state index contributed by atoms with van der Waals surface area (Å²) in [7, 11) is 1.87. The third-order valence-corrected chi connectivity index (χ3v) is 2.40. The first-order valence-electron chi connectivity index (χ1n) is 4.24. The van der Waals surface area contributed by atoms with Crippen LogP contribution in [0.25, 0.3) is 0 Å². The Balaban J connectivity index is 2.86. The van der Waals surface area contributed by atoms with E-state index < -0.39 is 0 Å². The van der Waals surface area contributed by atoms with Gasteiger partial charge in [0.05, 0.1) is 0 Å². The van der Waals surface area contributed by atoms with Gasteiger partial charge in [-0.25, -0.2) is 4.39 Å². The Morgan fingerprint density at radius 1 is 1.46 bits per heavy atom. The molecule has 0 aromatic heterocycles. The van der Waals surface area contributed by atoms with Crippen LogP contribution in [-0.2, 0) is 6.42 Å². The number of nitrogens with one attached hydrogen (secondary N) is 1. The van der Waals surface area contributed by atoms with Crippen LogP contribution >= 0.6 is 11.6 Å². The molecule has 0 radical (unpaired) electrons. The predicted molar refractivity (Wildman–Crippen MR) is 53.8 cm³/mol. The molecule has 72 valence electrons. The molecule has 13 heavy (non-hydrogen) atoms. The third-order valence-electron chi connectivity index (χ3n) is 2.00. The lowest BCUT2D eigenvalue weighted by Crippen LogP contribution is -2.10. The fourth-order valence-electron chi connectivity index (χ4n) is 1.11. The van der Waals surface area contributed by atoms with Crippen LogP contribution in [0.3, 0.4) is 0 Å². The minimum Gasteiger partial charge on any atom is -0.319 e. The van der Waals surface area contributed by atoms with E-state index in [2.05, 4.69) is 5.32 Å². The van der Waals surface area contributed by atoms with Gasteiger partial charge in [0.1, 0.15) is 5.82 Å². The zero-order valence-electron chi connectivity index (χ0n) is 7.82. The molecule has 0 fully saturated rings. The molecule has 3 heteroatoms. The number of hydrogen-bond acceptors (Lipinski definition) is 1. The molecule has 1 rings (SSSR count). The lowest BCUT2D eigenvalue weighted by atomic mass is 10.1. The van der Waals surface area contributed by atoms with Crippen molar-refractivity contribution in [3.05, 3.63) is 34.1 Å². The van der Waals surface area contributed by atoms with Crippen molar-refractivity contribution in [2.45, 2.75) is 13.3 Å². The molecule has 0 unspecified atom stereocenters. The van der Waals surface area contributed by atoms with Gasteiger partial charge in [0, 0.05) is 10.6 Å². The Morgan fingerprint density at radius 2 is 2.15 bits per heavy atom. The van der Waals surface area contributed by atoms with Crippen molar-refractivity contribution in [3.63, 3.8) is 0 Å². The lowest BCUT2D eigenvalue weighted by molar-refractivity contribution is 0.615. The molecular formula is C10H13ClFN. The minimum atomic E-state index is -0.224. The molecule has 0 aliphatic rings. The smallest absolute Gasteiger partial charge is 0.127 e. The number of hydrogen-bond donors (Lipinski definition) is 1. The van der Waals surface area contributed by atoms with Crippen LogP contribution in [0.15, 0.2) is 12.1 Å². The largest absolute Gasteiger partial charge is 0.319 e.